The van der Waals surface area contributed by atoms with E-state index in [2.05, 4.69) is 34.8 Å². The Hall–Kier alpha value is -3.00. The molecular weight excluding hydrogens is 673 g/mol. The van der Waals surface area contributed by atoms with Crippen molar-refractivity contribution in [3.63, 3.8) is 0 Å². The van der Waals surface area contributed by atoms with Crippen molar-refractivity contribution >= 4 is 39.6 Å². The second-order valence-electron chi connectivity index (χ2n) is 15.4. The zero-order valence-electron chi connectivity index (χ0n) is 33.0. The van der Waals surface area contributed by atoms with Crippen molar-refractivity contribution in [1.29, 1.82) is 0 Å². The number of hydrogen-bond acceptors (Lipinski definition) is 7. The van der Waals surface area contributed by atoms with E-state index in [1.165, 1.54) is 22.3 Å². The maximum Gasteiger partial charge on any atom is 0.315 e. The lowest BCUT2D eigenvalue weighted by Gasteiger charge is -2.41. The molecule has 5 amide bonds. The fourth-order valence-electron chi connectivity index (χ4n) is 6.51. The molecule has 14 heteroatoms. The van der Waals surface area contributed by atoms with Crippen LogP contribution in [0.25, 0.3) is 0 Å². The summed E-state index contributed by atoms with van der Waals surface area (Å²) in [6.45, 7) is 19.9. The predicted octanol–water partition coefficient (Wildman–Crippen LogP) is 4.13. The minimum absolute atomic E-state index is 0.0459. The Bertz CT molecular complexity index is 1310. The fourth-order valence-corrected chi connectivity index (χ4v) is 6.92. The van der Waals surface area contributed by atoms with Crippen molar-refractivity contribution in [2.75, 3.05) is 32.9 Å². The molecule has 0 radical (unpaired) electrons. The highest BCUT2D eigenvalue weighted by molar-refractivity contribution is 7.88. The first-order chi connectivity index (χ1) is 23.7. The number of unbranched alkanes of at least 4 members (excludes halogenated alkanes) is 1. The van der Waals surface area contributed by atoms with Crippen LogP contribution in [0.1, 0.15) is 120 Å². The summed E-state index contributed by atoms with van der Waals surface area (Å²) in [7, 11) is -2.05. The average Bonchev–Trinajstić information content (AvgIpc) is 3.57. The highest BCUT2D eigenvalue weighted by atomic mass is 32.2. The van der Waals surface area contributed by atoms with E-state index in [0.29, 0.717) is 38.6 Å². The zero-order chi connectivity index (χ0) is 39.2. The lowest BCUT2D eigenvalue weighted by atomic mass is 9.73. The van der Waals surface area contributed by atoms with E-state index < -0.39 is 68.6 Å². The average molecular weight is 741 g/mol. The number of likely N-dealkylation sites (N-methyl/N-ethyl adjacent to an activating group) is 1. The highest BCUT2D eigenvalue weighted by Gasteiger charge is 2.46. The SMILES string of the molecule is C=CCNC(=O)C(=O)C(CC(C)CC)NC(=O)C1CCCN1C(=O)C(NC(=O)NC(CN(C)S(C)(=O)=O)C(C)(C)CC)C(C)(CCC)CCCC. The van der Waals surface area contributed by atoms with Gasteiger partial charge in [0.15, 0.2) is 0 Å². The van der Waals surface area contributed by atoms with Crippen LogP contribution in [0.4, 0.5) is 4.79 Å². The summed E-state index contributed by atoms with van der Waals surface area (Å²) in [5.74, 6) is -2.41. The molecule has 13 nitrogen and oxygen atoms in total. The number of hydrogen-bond donors (Lipinski definition) is 4. The summed E-state index contributed by atoms with van der Waals surface area (Å²) in [6, 6.07) is -4.10. The smallest absolute Gasteiger partial charge is 0.315 e. The number of amides is 5. The van der Waals surface area contributed by atoms with Crippen LogP contribution in [-0.4, -0.2) is 104 Å². The topological polar surface area (TPSA) is 174 Å². The van der Waals surface area contributed by atoms with Gasteiger partial charge in [0.25, 0.3) is 5.91 Å². The number of ketones is 1. The van der Waals surface area contributed by atoms with Crippen LogP contribution in [0.3, 0.4) is 0 Å². The minimum Gasteiger partial charge on any atom is -0.346 e. The monoisotopic (exact) mass is 740 g/mol. The van der Waals surface area contributed by atoms with E-state index in [9.17, 15) is 32.4 Å². The molecule has 1 heterocycles. The molecule has 6 unspecified atom stereocenters. The molecule has 6 atom stereocenters. The van der Waals surface area contributed by atoms with Crippen molar-refractivity contribution in [1.82, 2.24) is 30.5 Å². The summed E-state index contributed by atoms with van der Waals surface area (Å²) in [5, 5.41) is 11.3. The molecule has 1 fully saturated rings. The number of likely N-dealkylation sites (tertiary alicyclic amines) is 1. The molecule has 0 aliphatic carbocycles. The molecule has 294 valence electrons. The predicted molar refractivity (Wildman–Crippen MR) is 202 cm³/mol. The van der Waals surface area contributed by atoms with Crippen LogP contribution >= 0.6 is 0 Å². The first-order valence-electron chi connectivity index (χ1n) is 18.7. The van der Waals surface area contributed by atoms with Gasteiger partial charge in [-0.1, -0.05) is 87.1 Å². The number of rotatable bonds is 23. The van der Waals surface area contributed by atoms with E-state index in [1.54, 1.807) is 0 Å². The maximum absolute atomic E-state index is 14.7. The Morgan fingerprint density at radius 1 is 1.00 bits per heavy atom. The van der Waals surface area contributed by atoms with Gasteiger partial charge in [-0.25, -0.2) is 17.5 Å². The van der Waals surface area contributed by atoms with Crippen LogP contribution in [0.2, 0.25) is 0 Å². The summed E-state index contributed by atoms with van der Waals surface area (Å²) < 4.78 is 25.8. The molecular formula is C37H68N6O7S. The number of sulfonamides is 1. The molecule has 0 aromatic heterocycles. The van der Waals surface area contributed by atoms with E-state index in [1.807, 2.05) is 48.5 Å². The highest BCUT2D eigenvalue weighted by Crippen LogP contribution is 2.36. The largest absolute Gasteiger partial charge is 0.346 e. The third-order valence-corrected chi connectivity index (χ3v) is 12.0. The Balaban J connectivity index is 3.50. The van der Waals surface area contributed by atoms with Gasteiger partial charge in [0.05, 0.1) is 12.3 Å². The number of nitrogens with zero attached hydrogens (tertiary/aromatic N) is 2. The molecule has 1 aliphatic heterocycles. The lowest BCUT2D eigenvalue weighted by Crippen LogP contribution is -2.62. The van der Waals surface area contributed by atoms with Gasteiger partial charge in [0.2, 0.25) is 27.6 Å². The van der Waals surface area contributed by atoms with Crippen LogP contribution in [0.15, 0.2) is 12.7 Å². The molecule has 0 spiro atoms. The first kappa shape index (κ1) is 46.0. The van der Waals surface area contributed by atoms with Crippen LogP contribution in [-0.2, 0) is 29.2 Å². The van der Waals surface area contributed by atoms with E-state index in [-0.39, 0.29) is 31.3 Å². The first-order valence-corrected chi connectivity index (χ1v) is 20.6. The lowest BCUT2D eigenvalue weighted by molar-refractivity contribution is -0.144. The molecule has 1 rings (SSSR count). The minimum atomic E-state index is -3.52. The Morgan fingerprint density at radius 2 is 1.65 bits per heavy atom. The summed E-state index contributed by atoms with van der Waals surface area (Å²) in [5.41, 5.74) is -1.13. The van der Waals surface area contributed by atoms with Crippen molar-refractivity contribution < 1.29 is 32.4 Å². The number of nitrogens with one attached hydrogen (secondary N) is 4. The maximum atomic E-state index is 14.7. The Kier molecular flexibility index (Phi) is 18.8. The molecule has 0 aromatic carbocycles. The van der Waals surface area contributed by atoms with Gasteiger partial charge < -0.3 is 26.2 Å². The summed E-state index contributed by atoms with van der Waals surface area (Å²) >= 11 is 0. The number of urea groups is 1. The fraction of sp³-hybridized carbons (Fsp3) is 0.811. The van der Waals surface area contributed by atoms with Gasteiger partial charge >= 0.3 is 6.03 Å². The summed E-state index contributed by atoms with van der Waals surface area (Å²) in [4.78, 5) is 69.7. The van der Waals surface area contributed by atoms with Crippen molar-refractivity contribution in [2.45, 2.75) is 144 Å². The van der Waals surface area contributed by atoms with E-state index >= 15 is 0 Å². The standard InChI is InChI=1S/C37H68N6O7S/c1-12-17-21-37(9,20-13-2)31(41-35(48)40-29(36(7,8)16-5)25-42(10)51(11,49)50)34(47)43-23-18-19-28(43)32(45)39-27(24-26(6)15-4)30(44)33(46)38-22-14-3/h14,26-29,31H,3,12-13,15-25H2,1-2,4-11H3,(H,38,46)(H,39,45)(H2,40,41,48). The van der Waals surface area contributed by atoms with Crippen LogP contribution < -0.4 is 21.3 Å². The van der Waals surface area contributed by atoms with E-state index in [4.69, 9.17) is 0 Å². The van der Waals surface area contributed by atoms with Gasteiger partial charge in [0, 0.05) is 32.7 Å². The summed E-state index contributed by atoms with van der Waals surface area (Å²) in [6.07, 6.45) is 8.93. The molecule has 1 aliphatic rings. The van der Waals surface area contributed by atoms with E-state index in [0.717, 1.165) is 31.9 Å². The van der Waals surface area contributed by atoms with Gasteiger partial charge in [0.1, 0.15) is 12.1 Å². The van der Waals surface area contributed by atoms with Gasteiger partial charge in [-0.3, -0.25) is 19.2 Å². The molecule has 0 bridgehead atoms. The number of carbonyl (C=O) groups is 5. The number of carbonyl (C=O) groups excluding carboxylic acids is 5. The quantitative estimate of drug-likeness (QED) is 0.0901. The van der Waals surface area contributed by atoms with Crippen LogP contribution in [0, 0.1) is 16.7 Å². The Morgan fingerprint density at radius 3 is 2.18 bits per heavy atom. The van der Waals surface area contributed by atoms with Gasteiger partial charge in [-0.15, -0.1) is 6.58 Å². The third kappa shape index (κ3) is 13.8. The van der Waals surface area contributed by atoms with Crippen LogP contribution in [0.5, 0.6) is 0 Å². The van der Waals surface area contributed by atoms with Crippen molar-refractivity contribution in [3.8, 4) is 0 Å². The second kappa shape index (κ2) is 20.9. The third-order valence-electron chi connectivity index (χ3n) is 10.7. The molecule has 4 N–H and O–H groups in total. The van der Waals surface area contributed by atoms with Gasteiger partial charge in [-0.2, -0.15) is 0 Å². The molecule has 0 saturated carbocycles. The normalized spacial score (nSPS) is 18.6. The van der Waals surface area contributed by atoms with Gasteiger partial charge in [-0.05, 0) is 55.3 Å². The molecule has 1 saturated heterocycles. The molecule has 0 aromatic rings. The molecule has 51 heavy (non-hydrogen) atoms. The van der Waals surface area contributed by atoms with Crippen molar-refractivity contribution in [2.24, 2.45) is 16.7 Å². The number of Topliss-reactive ketones (excluding diaryl/α,β-unsaturated/α-hetero) is 1. The van der Waals surface area contributed by atoms with Crippen molar-refractivity contribution in [3.05, 3.63) is 12.7 Å². The zero-order valence-corrected chi connectivity index (χ0v) is 33.8. The Labute approximate surface area is 307 Å². The second-order valence-corrected chi connectivity index (χ2v) is 17.4.